The van der Waals surface area contributed by atoms with Crippen LogP contribution in [0.15, 0.2) is 18.2 Å². The first-order valence-electron chi connectivity index (χ1n) is 5.13. The lowest BCUT2D eigenvalue weighted by atomic mass is 10.1. The van der Waals surface area contributed by atoms with Gasteiger partial charge in [0.25, 0.3) is 0 Å². The van der Waals surface area contributed by atoms with E-state index in [4.69, 9.17) is 5.73 Å². The van der Waals surface area contributed by atoms with Crippen LogP contribution in [0.2, 0.25) is 0 Å². The molecule has 0 saturated carbocycles. The average molecular weight is 191 g/mol. The van der Waals surface area contributed by atoms with Gasteiger partial charge in [0.05, 0.1) is 17.1 Å². The SMILES string of the molecule is CCN1c2c(N)cccc2NCC1C. The van der Waals surface area contributed by atoms with Crippen LogP contribution in [0.5, 0.6) is 0 Å². The summed E-state index contributed by atoms with van der Waals surface area (Å²) < 4.78 is 0. The Morgan fingerprint density at radius 2 is 2.36 bits per heavy atom. The normalized spacial score (nSPS) is 20.1. The van der Waals surface area contributed by atoms with Crippen molar-refractivity contribution in [3.8, 4) is 0 Å². The molecule has 1 heterocycles. The smallest absolute Gasteiger partial charge is 0.0838 e. The maximum atomic E-state index is 5.99. The number of fused-ring (bicyclic) bond motifs is 1. The summed E-state index contributed by atoms with van der Waals surface area (Å²) in [6, 6.07) is 6.55. The molecule has 1 aromatic carbocycles. The van der Waals surface area contributed by atoms with Crippen molar-refractivity contribution >= 4 is 17.1 Å². The third-order valence-electron chi connectivity index (χ3n) is 2.82. The Kier molecular flexibility index (Phi) is 2.23. The second-order valence-corrected chi connectivity index (χ2v) is 3.76. The molecule has 3 heteroatoms. The van der Waals surface area contributed by atoms with Gasteiger partial charge in [-0.1, -0.05) is 6.07 Å². The summed E-state index contributed by atoms with van der Waals surface area (Å²) in [7, 11) is 0. The number of hydrogen-bond donors (Lipinski definition) is 2. The molecule has 0 saturated heterocycles. The van der Waals surface area contributed by atoms with Crippen molar-refractivity contribution in [3.05, 3.63) is 18.2 Å². The van der Waals surface area contributed by atoms with E-state index in [2.05, 4.69) is 30.1 Å². The molecule has 14 heavy (non-hydrogen) atoms. The minimum absolute atomic E-state index is 0.511. The predicted molar refractivity (Wildman–Crippen MR) is 61.8 cm³/mol. The van der Waals surface area contributed by atoms with Crippen molar-refractivity contribution < 1.29 is 0 Å². The van der Waals surface area contributed by atoms with Gasteiger partial charge in [-0.05, 0) is 26.0 Å². The third-order valence-corrected chi connectivity index (χ3v) is 2.82. The molecule has 1 aromatic rings. The van der Waals surface area contributed by atoms with Gasteiger partial charge in [0.2, 0.25) is 0 Å². The van der Waals surface area contributed by atoms with Gasteiger partial charge < -0.3 is 16.0 Å². The van der Waals surface area contributed by atoms with Crippen LogP contribution in [-0.4, -0.2) is 19.1 Å². The molecular formula is C11H17N3. The highest BCUT2D eigenvalue weighted by Gasteiger charge is 2.22. The van der Waals surface area contributed by atoms with Gasteiger partial charge in [-0.3, -0.25) is 0 Å². The van der Waals surface area contributed by atoms with Gasteiger partial charge in [-0.25, -0.2) is 0 Å². The van der Waals surface area contributed by atoms with Gasteiger partial charge in [0, 0.05) is 19.1 Å². The highest BCUT2D eigenvalue weighted by atomic mass is 15.2. The summed E-state index contributed by atoms with van der Waals surface area (Å²) in [5.74, 6) is 0. The fourth-order valence-corrected chi connectivity index (χ4v) is 2.08. The zero-order valence-corrected chi connectivity index (χ0v) is 8.75. The number of rotatable bonds is 1. The lowest BCUT2D eigenvalue weighted by molar-refractivity contribution is 0.660. The molecule has 0 amide bonds. The van der Waals surface area contributed by atoms with E-state index in [0.717, 1.165) is 30.2 Å². The summed E-state index contributed by atoms with van der Waals surface area (Å²) in [4.78, 5) is 2.35. The zero-order chi connectivity index (χ0) is 10.1. The molecule has 0 fully saturated rings. The van der Waals surface area contributed by atoms with E-state index < -0.39 is 0 Å². The van der Waals surface area contributed by atoms with Crippen molar-refractivity contribution in [3.63, 3.8) is 0 Å². The highest BCUT2D eigenvalue weighted by molar-refractivity contribution is 5.83. The standard InChI is InChI=1S/C11H17N3/c1-3-14-8(2)7-13-10-6-4-5-9(12)11(10)14/h4-6,8,13H,3,7,12H2,1-2H3. The van der Waals surface area contributed by atoms with Crippen molar-refractivity contribution in [1.82, 2.24) is 0 Å². The number of anilines is 3. The zero-order valence-electron chi connectivity index (χ0n) is 8.75. The molecule has 1 unspecified atom stereocenters. The van der Waals surface area contributed by atoms with Gasteiger partial charge >= 0.3 is 0 Å². The summed E-state index contributed by atoms with van der Waals surface area (Å²) in [6.07, 6.45) is 0. The molecule has 0 spiro atoms. The summed E-state index contributed by atoms with van der Waals surface area (Å²) >= 11 is 0. The minimum atomic E-state index is 0.511. The van der Waals surface area contributed by atoms with E-state index in [1.54, 1.807) is 0 Å². The van der Waals surface area contributed by atoms with E-state index in [9.17, 15) is 0 Å². The predicted octanol–water partition coefficient (Wildman–Crippen LogP) is 1.91. The van der Waals surface area contributed by atoms with Crippen molar-refractivity contribution in [2.75, 3.05) is 29.0 Å². The maximum Gasteiger partial charge on any atom is 0.0838 e. The summed E-state index contributed by atoms with van der Waals surface area (Å²) in [5, 5.41) is 3.40. The number of benzene rings is 1. The molecule has 76 valence electrons. The summed E-state index contributed by atoms with van der Waals surface area (Å²) in [6.45, 7) is 6.37. The molecule has 2 rings (SSSR count). The topological polar surface area (TPSA) is 41.3 Å². The van der Waals surface area contributed by atoms with Crippen LogP contribution >= 0.6 is 0 Å². The van der Waals surface area contributed by atoms with E-state index in [-0.39, 0.29) is 0 Å². The Morgan fingerprint density at radius 1 is 1.57 bits per heavy atom. The number of hydrogen-bond acceptors (Lipinski definition) is 3. The first kappa shape index (κ1) is 9.19. The lowest BCUT2D eigenvalue weighted by Crippen LogP contribution is -2.42. The quantitative estimate of drug-likeness (QED) is 0.666. The molecule has 1 aliphatic rings. The number of likely N-dealkylation sites (N-methyl/N-ethyl adjacent to an activating group) is 1. The summed E-state index contributed by atoms with van der Waals surface area (Å²) in [5.41, 5.74) is 9.17. The molecule has 0 bridgehead atoms. The Hall–Kier alpha value is -1.38. The number of nitrogens with one attached hydrogen (secondary N) is 1. The number of para-hydroxylation sites is 1. The largest absolute Gasteiger partial charge is 0.397 e. The Balaban J connectivity index is 2.49. The Bertz CT molecular complexity index is 335. The second-order valence-electron chi connectivity index (χ2n) is 3.76. The van der Waals surface area contributed by atoms with Crippen molar-refractivity contribution in [2.45, 2.75) is 19.9 Å². The molecule has 3 N–H and O–H groups in total. The lowest BCUT2D eigenvalue weighted by Gasteiger charge is -2.37. The third kappa shape index (κ3) is 1.29. The number of nitrogens with zero attached hydrogens (tertiary/aromatic N) is 1. The minimum Gasteiger partial charge on any atom is -0.397 e. The Labute approximate surface area is 84.9 Å². The molecule has 3 nitrogen and oxygen atoms in total. The van der Waals surface area contributed by atoms with Crippen molar-refractivity contribution in [2.24, 2.45) is 0 Å². The first-order chi connectivity index (χ1) is 6.74. The van der Waals surface area contributed by atoms with Crippen LogP contribution < -0.4 is 16.0 Å². The van der Waals surface area contributed by atoms with Gasteiger partial charge in [0.15, 0.2) is 0 Å². The maximum absolute atomic E-state index is 5.99. The number of nitrogens with two attached hydrogens (primary N) is 1. The van der Waals surface area contributed by atoms with Crippen LogP contribution in [0.25, 0.3) is 0 Å². The fourth-order valence-electron chi connectivity index (χ4n) is 2.08. The number of nitrogen functional groups attached to an aromatic ring is 1. The molecule has 0 aromatic heterocycles. The second kappa shape index (κ2) is 3.40. The van der Waals surface area contributed by atoms with E-state index in [1.807, 2.05) is 12.1 Å². The van der Waals surface area contributed by atoms with E-state index in [1.165, 1.54) is 0 Å². The Morgan fingerprint density at radius 3 is 3.07 bits per heavy atom. The van der Waals surface area contributed by atoms with Gasteiger partial charge in [0.1, 0.15) is 0 Å². The molecule has 0 radical (unpaired) electrons. The van der Waals surface area contributed by atoms with Crippen molar-refractivity contribution in [1.29, 1.82) is 0 Å². The van der Waals surface area contributed by atoms with Crippen LogP contribution in [0, 0.1) is 0 Å². The van der Waals surface area contributed by atoms with Crippen LogP contribution in [-0.2, 0) is 0 Å². The van der Waals surface area contributed by atoms with E-state index >= 15 is 0 Å². The molecule has 1 aliphatic heterocycles. The first-order valence-corrected chi connectivity index (χ1v) is 5.13. The van der Waals surface area contributed by atoms with E-state index in [0.29, 0.717) is 6.04 Å². The molecule has 0 aliphatic carbocycles. The highest BCUT2D eigenvalue weighted by Crippen LogP contribution is 2.36. The average Bonchev–Trinajstić information content (AvgIpc) is 2.19. The van der Waals surface area contributed by atoms with Crippen LogP contribution in [0.3, 0.4) is 0 Å². The van der Waals surface area contributed by atoms with Crippen LogP contribution in [0.4, 0.5) is 17.1 Å². The van der Waals surface area contributed by atoms with Gasteiger partial charge in [-0.15, -0.1) is 0 Å². The molecule has 1 atom stereocenters. The fraction of sp³-hybridized carbons (Fsp3) is 0.455. The monoisotopic (exact) mass is 191 g/mol. The van der Waals surface area contributed by atoms with Crippen LogP contribution in [0.1, 0.15) is 13.8 Å². The van der Waals surface area contributed by atoms with Gasteiger partial charge in [-0.2, -0.15) is 0 Å². The molecular weight excluding hydrogens is 174 g/mol.